The van der Waals surface area contributed by atoms with Gasteiger partial charge in [0.05, 0.1) is 27.8 Å². The second-order valence-corrected chi connectivity index (χ2v) is 13.5. The van der Waals surface area contributed by atoms with E-state index in [0.29, 0.717) is 5.89 Å². The molecule has 0 aliphatic carbocycles. The topological polar surface area (TPSA) is 47.3 Å². The van der Waals surface area contributed by atoms with Crippen LogP contribution in [-0.4, -0.2) is 9.55 Å². The lowest BCUT2D eigenvalue weighted by atomic mass is 10.0. The maximum atomic E-state index is 6.66. The zero-order valence-electron chi connectivity index (χ0n) is 29.1. The molecule has 0 spiro atoms. The number of fused-ring (bicyclic) bond motifs is 8. The third-order valence-electron chi connectivity index (χ3n) is 10.4. The van der Waals surface area contributed by atoms with Crippen LogP contribution in [-0.2, 0) is 0 Å². The Balaban J connectivity index is 1.19. The van der Waals surface area contributed by atoms with E-state index in [1.807, 2.05) is 42.5 Å². The van der Waals surface area contributed by atoms with E-state index in [-0.39, 0.29) is 0 Å². The highest BCUT2D eigenvalue weighted by atomic mass is 16.4. The Morgan fingerprint density at radius 2 is 1.17 bits per heavy atom. The Kier molecular flexibility index (Phi) is 6.79. The lowest BCUT2D eigenvalue weighted by molar-refractivity contribution is 0.622. The molecule has 3 heterocycles. The Labute approximate surface area is 310 Å². The highest BCUT2D eigenvalue weighted by Gasteiger charge is 2.25. The summed E-state index contributed by atoms with van der Waals surface area (Å²) < 4.78 is 15.5. The Morgan fingerprint density at radius 3 is 2.00 bits per heavy atom. The van der Waals surface area contributed by atoms with Crippen molar-refractivity contribution in [1.82, 2.24) is 9.55 Å². The molecule has 0 aliphatic rings. The summed E-state index contributed by atoms with van der Waals surface area (Å²) in [6, 6.07) is 65.7. The summed E-state index contributed by atoms with van der Waals surface area (Å²) in [7, 11) is 0. The Bertz CT molecular complexity index is 3160. The molecule has 0 radical (unpaired) electrons. The van der Waals surface area contributed by atoms with Gasteiger partial charge in [-0.2, -0.15) is 0 Å². The SMILES string of the molecule is c1ccc(-c2nc3ccc4oc5cc(N(c6ccccc6-c6ccccc6)c6cccc7c8ccccc8n(-c8ccccc8)c67)ccc5c4c3o2)cc1. The summed E-state index contributed by atoms with van der Waals surface area (Å²) in [5.74, 6) is 0.592. The molecule has 0 bridgehead atoms. The van der Waals surface area contributed by atoms with E-state index in [4.69, 9.17) is 13.8 Å². The second kappa shape index (κ2) is 12.1. The van der Waals surface area contributed by atoms with Crippen molar-refractivity contribution in [3.63, 3.8) is 0 Å². The highest BCUT2D eigenvalue weighted by molar-refractivity contribution is 6.18. The first-order valence-corrected chi connectivity index (χ1v) is 18.1. The van der Waals surface area contributed by atoms with Crippen LogP contribution in [0.25, 0.3) is 83.1 Å². The fourth-order valence-electron chi connectivity index (χ4n) is 8.04. The van der Waals surface area contributed by atoms with Gasteiger partial charge in [-0.1, -0.05) is 115 Å². The zero-order valence-corrected chi connectivity index (χ0v) is 29.1. The lowest BCUT2D eigenvalue weighted by Crippen LogP contribution is -2.12. The summed E-state index contributed by atoms with van der Waals surface area (Å²) >= 11 is 0. The molecule has 5 heteroatoms. The molecular weight excluding hydrogens is 663 g/mol. The summed E-state index contributed by atoms with van der Waals surface area (Å²) in [5, 5.41) is 4.28. The molecule has 0 saturated heterocycles. The number of hydrogen-bond acceptors (Lipinski definition) is 4. The van der Waals surface area contributed by atoms with Gasteiger partial charge in [0.1, 0.15) is 16.7 Å². The molecule has 0 unspecified atom stereocenters. The molecule has 254 valence electrons. The van der Waals surface area contributed by atoms with Crippen LogP contribution in [0.2, 0.25) is 0 Å². The summed E-state index contributed by atoms with van der Waals surface area (Å²) in [4.78, 5) is 7.23. The van der Waals surface area contributed by atoms with E-state index >= 15 is 0 Å². The molecule has 0 aliphatic heterocycles. The predicted octanol–water partition coefficient (Wildman–Crippen LogP) is 13.6. The smallest absolute Gasteiger partial charge is 0.227 e. The highest BCUT2D eigenvalue weighted by Crippen LogP contribution is 2.47. The third kappa shape index (κ3) is 4.69. The van der Waals surface area contributed by atoms with Crippen molar-refractivity contribution >= 4 is 71.9 Å². The van der Waals surface area contributed by atoms with Gasteiger partial charge in [0.25, 0.3) is 0 Å². The van der Waals surface area contributed by atoms with Gasteiger partial charge in [-0.05, 0) is 72.3 Å². The van der Waals surface area contributed by atoms with Gasteiger partial charge in [-0.15, -0.1) is 0 Å². The van der Waals surface area contributed by atoms with Gasteiger partial charge in [0.2, 0.25) is 5.89 Å². The summed E-state index contributed by atoms with van der Waals surface area (Å²) in [6.45, 7) is 0. The van der Waals surface area contributed by atoms with E-state index in [9.17, 15) is 0 Å². The number of para-hydroxylation sites is 4. The van der Waals surface area contributed by atoms with Crippen LogP contribution < -0.4 is 4.90 Å². The van der Waals surface area contributed by atoms with Crippen LogP contribution in [0.3, 0.4) is 0 Å². The molecule has 0 saturated carbocycles. The molecule has 3 aromatic heterocycles. The van der Waals surface area contributed by atoms with Crippen LogP contribution in [0.4, 0.5) is 17.1 Å². The maximum Gasteiger partial charge on any atom is 0.227 e. The maximum absolute atomic E-state index is 6.66. The molecule has 54 heavy (non-hydrogen) atoms. The third-order valence-corrected chi connectivity index (χ3v) is 10.4. The van der Waals surface area contributed by atoms with E-state index in [1.54, 1.807) is 0 Å². The number of hydrogen-bond donors (Lipinski definition) is 0. The molecule has 5 nitrogen and oxygen atoms in total. The molecule has 0 atom stereocenters. The first kappa shape index (κ1) is 30.3. The van der Waals surface area contributed by atoms with E-state index in [2.05, 4.69) is 155 Å². The van der Waals surface area contributed by atoms with Crippen LogP contribution in [0.1, 0.15) is 0 Å². The standard InChI is InChI=1S/C49H31N3O2/c1-4-15-32(16-5-1)36-21-10-12-24-41(36)51(43-26-14-23-38-37-22-11-13-25-42(37)52(47(38)43)34-19-8-3-9-20-34)35-27-28-39-45(31-35)53-44-30-29-40-48(46(39)44)54-49(50-40)33-17-6-2-7-18-33/h1-31H. The molecule has 11 rings (SSSR count). The first-order valence-electron chi connectivity index (χ1n) is 18.1. The molecule has 0 N–H and O–H groups in total. The molecule has 8 aromatic carbocycles. The normalized spacial score (nSPS) is 11.7. The van der Waals surface area contributed by atoms with Crippen molar-refractivity contribution in [2.75, 3.05) is 4.90 Å². The average Bonchev–Trinajstić information content (AvgIpc) is 3.94. The van der Waals surface area contributed by atoms with Crippen LogP contribution in [0, 0.1) is 0 Å². The Hall–Kier alpha value is -7.37. The van der Waals surface area contributed by atoms with Crippen molar-refractivity contribution < 1.29 is 8.83 Å². The molecule has 11 aromatic rings. The number of anilines is 3. The molecule has 0 fully saturated rings. The quantitative estimate of drug-likeness (QED) is 0.174. The predicted molar refractivity (Wildman–Crippen MR) is 221 cm³/mol. The van der Waals surface area contributed by atoms with E-state index < -0.39 is 0 Å². The van der Waals surface area contributed by atoms with Gasteiger partial charge < -0.3 is 18.3 Å². The van der Waals surface area contributed by atoms with Crippen molar-refractivity contribution in [2.24, 2.45) is 0 Å². The van der Waals surface area contributed by atoms with Gasteiger partial charge in [-0.3, -0.25) is 0 Å². The average molecular weight is 694 g/mol. The van der Waals surface area contributed by atoms with Crippen LogP contribution in [0.5, 0.6) is 0 Å². The summed E-state index contributed by atoms with van der Waals surface area (Å²) in [6.07, 6.45) is 0. The fourth-order valence-corrected chi connectivity index (χ4v) is 8.04. The molecule has 0 amide bonds. The number of furan rings is 1. The number of benzene rings is 8. The van der Waals surface area contributed by atoms with Crippen molar-refractivity contribution in [2.45, 2.75) is 0 Å². The van der Waals surface area contributed by atoms with E-state index in [0.717, 1.165) is 83.5 Å². The molecular formula is C49H31N3O2. The van der Waals surface area contributed by atoms with Gasteiger partial charge in [-0.25, -0.2) is 4.98 Å². The second-order valence-electron chi connectivity index (χ2n) is 13.5. The number of rotatable bonds is 6. The van der Waals surface area contributed by atoms with Gasteiger partial charge in [0.15, 0.2) is 5.58 Å². The van der Waals surface area contributed by atoms with Crippen molar-refractivity contribution in [3.8, 4) is 28.3 Å². The fraction of sp³-hybridized carbons (Fsp3) is 0. The van der Waals surface area contributed by atoms with Gasteiger partial charge >= 0.3 is 0 Å². The van der Waals surface area contributed by atoms with Gasteiger partial charge in [0, 0.05) is 44.7 Å². The summed E-state index contributed by atoms with van der Waals surface area (Å²) in [5.41, 5.74) is 12.7. The largest absolute Gasteiger partial charge is 0.456 e. The zero-order chi connectivity index (χ0) is 35.6. The minimum atomic E-state index is 0.592. The minimum Gasteiger partial charge on any atom is -0.456 e. The lowest BCUT2D eigenvalue weighted by Gasteiger charge is -2.29. The minimum absolute atomic E-state index is 0.592. The number of aromatic nitrogens is 2. The number of oxazole rings is 1. The monoisotopic (exact) mass is 693 g/mol. The van der Waals surface area contributed by atoms with Crippen LogP contribution in [0.15, 0.2) is 197 Å². The first-order chi connectivity index (χ1) is 26.8. The van der Waals surface area contributed by atoms with Crippen LogP contribution >= 0.6 is 0 Å². The Morgan fingerprint density at radius 1 is 0.481 bits per heavy atom. The van der Waals surface area contributed by atoms with E-state index in [1.165, 1.54) is 10.8 Å². The van der Waals surface area contributed by atoms with Crippen molar-refractivity contribution in [1.29, 1.82) is 0 Å². The van der Waals surface area contributed by atoms with Crippen molar-refractivity contribution in [3.05, 3.63) is 188 Å². The number of nitrogens with zero attached hydrogens (tertiary/aromatic N) is 3.